The molecule has 1 amide bonds. The highest BCUT2D eigenvalue weighted by Crippen LogP contribution is 2.21. The monoisotopic (exact) mass is 280 g/mol. The topological polar surface area (TPSA) is 93.2 Å². The number of phenolic OH excluding ortho intramolecular Hbond substituents is 1. The molecular weight excluding hydrogens is 268 g/mol. The smallest absolute Gasteiger partial charge is 0.255 e. The molecule has 0 saturated carbocycles. The number of carbonyl (C=O) groups is 1. The summed E-state index contributed by atoms with van der Waals surface area (Å²) in [6.45, 7) is 0.227. The number of halogens is 1. The third-order valence-corrected chi connectivity index (χ3v) is 2.94. The summed E-state index contributed by atoms with van der Waals surface area (Å²) >= 11 is 5.78. The van der Waals surface area contributed by atoms with Crippen molar-refractivity contribution in [3.8, 4) is 5.75 Å². The van der Waals surface area contributed by atoms with Crippen molar-refractivity contribution in [2.75, 3.05) is 5.73 Å². The number of carbonyl (C=O) groups excluding carboxylic acids is 1. The molecule has 0 radical (unpaired) electrons. The average Bonchev–Trinajstić information content (AvgIpc) is 2.70. The molecule has 4 N–H and O–H groups in total. The Hall–Kier alpha value is -2.21. The van der Waals surface area contributed by atoms with E-state index in [0.29, 0.717) is 16.4 Å². The van der Waals surface area contributed by atoms with Gasteiger partial charge in [0.25, 0.3) is 5.91 Å². The minimum absolute atomic E-state index is 0.120. The summed E-state index contributed by atoms with van der Waals surface area (Å²) in [5.41, 5.74) is 6.59. The summed E-state index contributed by atoms with van der Waals surface area (Å²) < 4.78 is 1.51. The van der Waals surface area contributed by atoms with Crippen molar-refractivity contribution in [3.63, 3.8) is 0 Å². The van der Waals surface area contributed by atoms with Crippen molar-refractivity contribution in [2.45, 2.75) is 6.54 Å². The van der Waals surface area contributed by atoms with Gasteiger partial charge in [0.2, 0.25) is 0 Å². The lowest BCUT2D eigenvalue weighted by Crippen LogP contribution is -2.23. The molecule has 0 bridgehead atoms. The number of benzene rings is 1. The number of phenols is 1. The summed E-state index contributed by atoms with van der Waals surface area (Å²) in [6, 6.07) is 4.28. The third kappa shape index (κ3) is 2.79. The average molecular weight is 281 g/mol. The summed E-state index contributed by atoms with van der Waals surface area (Å²) in [5.74, 6) is -0.0695. The maximum Gasteiger partial charge on any atom is 0.255 e. The first-order valence-corrected chi connectivity index (χ1v) is 5.90. The fourth-order valence-electron chi connectivity index (χ4n) is 1.59. The van der Waals surface area contributed by atoms with Gasteiger partial charge in [-0.1, -0.05) is 11.6 Å². The van der Waals surface area contributed by atoms with Crippen LogP contribution in [0, 0.1) is 0 Å². The van der Waals surface area contributed by atoms with E-state index in [9.17, 15) is 9.90 Å². The second kappa shape index (κ2) is 5.19. The van der Waals surface area contributed by atoms with Crippen molar-refractivity contribution >= 4 is 23.3 Å². The number of anilines is 1. The van der Waals surface area contributed by atoms with Crippen LogP contribution in [0.5, 0.6) is 5.75 Å². The van der Waals surface area contributed by atoms with E-state index < -0.39 is 5.91 Å². The van der Waals surface area contributed by atoms with Crippen LogP contribution in [0.1, 0.15) is 15.9 Å². The number of rotatable bonds is 3. The van der Waals surface area contributed by atoms with Gasteiger partial charge in [0, 0.05) is 24.2 Å². The summed E-state index contributed by atoms with van der Waals surface area (Å²) in [7, 11) is 1.71. The van der Waals surface area contributed by atoms with Crippen LogP contribution in [-0.2, 0) is 13.6 Å². The number of nitrogens with two attached hydrogens (primary N) is 1. The number of nitrogen functional groups attached to an aromatic ring is 1. The molecular formula is C12H13ClN4O2. The Morgan fingerprint density at radius 1 is 1.58 bits per heavy atom. The number of nitrogens with one attached hydrogen (secondary N) is 1. The van der Waals surface area contributed by atoms with Crippen molar-refractivity contribution in [1.29, 1.82) is 0 Å². The Bertz CT molecular complexity index is 624. The highest BCUT2D eigenvalue weighted by atomic mass is 35.5. The van der Waals surface area contributed by atoms with E-state index in [-0.39, 0.29) is 17.9 Å². The van der Waals surface area contributed by atoms with Crippen molar-refractivity contribution < 1.29 is 9.90 Å². The van der Waals surface area contributed by atoms with Gasteiger partial charge in [0.05, 0.1) is 11.8 Å². The zero-order valence-electron chi connectivity index (χ0n) is 10.2. The molecule has 0 spiro atoms. The zero-order chi connectivity index (χ0) is 14.0. The molecule has 0 saturated heterocycles. The molecule has 0 fully saturated rings. The van der Waals surface area contributed by atoms with E-state index in [1.54, 1.807) is 13.2 Å². The second-order valence-electron chi connectivity index (χ2n) is 4.02. The molecule has 100 valence electrons. The Kier molecular flexibility index (Phi) is 3.62. The Balaban J connectivity index is 2.09. The maximum absolute atomic E-state index is 11.9. The van der Waals surface area contributed by atoms with Gasteiger partial charge in [-0.25, -0.2) is 0 Å². The summed E-state index contributed by atoms with van der Waals surface area (Å²) in [6.07, 6.45) is 1.58. The molecule has 0 aliphatic rings. The first kappa shape index (κ1) is 13.2. The van der Waals surface area contributed by atoms with Crippen LogP contribution in [0.15, 0.2) is 24.4 Å². The molecule has 0 atom stereocenters. The number of aromatic hydroxyl groups is 1. The molecule has 0 aliphatic heterocycles. The van der Waals surface area contributed by atoms with E-state index >= 15 is 0 Å². The van der Waals surface area contributed by atoms with Crippen LogP contribution in [0.25, 0.3) is 0 Å². The van der Waals surface area contributed by atoms with Crippen LogP contribution in [0.2, 0.25) is 5.02 Å². The van der Waals surface area contributed by atoms with E-state index in [1.165, 1.54) is 22.9 Å². The van der Waals surface area contributed by atoms with E-state index in [2.05, 4.69) is 10.4 Å². The maximum atomic E-state index is 11.9. The van der Waals surface area contributed by atoms with Gasteiger partial charge < -0.3 is 16.2 Å². The summed E-state index contributed by atoms with van der Waals surface area (Å²) in [5, 5.41) is 16.6. The number of hydrogen-bond acceptors (Lipinski definition) is 4. The molecule has 6 nitrogen and oxygen atoms in total. The fraction of sp³-hybridized carbons (Fsp3) is 0.167. The van der Waals surface area contributed by atoms with E-state index in [1.807, 2.05) is 0 Å². The van der Waals surface area contributed by atoms with E-state index in [4.69, 9.17) is 17.3 Å². The predicted molar refractivity (Wildman–Crippen MR) is 71.9 cm³/mol. The zero-order valence-corrected chi connectivity index (χ0v) is 11.0. The number of aromatic nitrogens is 2. The van der Waals surface area contributed by atoms with Crippen molar-refractivity contribution in [1.82, 2.24) is 15.1 Å². The lowest BCUT2D eigenvalue weighted by atomic mass is 10.2. The van der Waals surface area contributed by atoms with Gasteiger partial charge in [0.15, 0.2) is 0 Å². The third-order valence-electron chi connectivity index (χ3n) is 2.71. The first-order chi connectivity index (χ1) is 8.99. The van der Waals surface area contributed by atoms with Crippen LogP contribution in [0.4, 0.5) is 5.82 Å². The first-order valence-electron chi connectivity index (χ1n) is 5.52. The summed E-state index contributed by atoms with van der Waals surface area (Å²) in [4.78, 5) is 11.9. The van der Waals surface area contributed by atoms with Crippen LogP contribution in [0.3, 0.4) is 0 Å². The molecule has 1 aromatic carbocycles. The van der Waals surface area contributed by atoms with Gasteiger partial charge in [-0.3, -0.25) is 9.48 Å². The molecule has 0 unspecified atom stereocenters. The minimum Gasteiger partial charge on any atom is -0.507 e. The van der Waals surface area contributed by atoms with E-state index in [0.717, 1.165) is 0 Å². The highest BCUT2D eigenvalue weighted by molar-refractivity contribution is 6.31. The predicted octanol–water partition coefficient (Wildman–Crippen LogP) is 1.29. The number of nitrogens with zero attached hydrogens (tertiary/aromatic N) is 2. The van der Waals surface area contributed by atoms with Gasteiger partial charge >= 0.3 is 0 Å². The lowest BCUT2D eigenvalue weighted by molar-refractivity contribution is 0.0948. The SMILES string of the molecule is Cn1ncc(CNC(=O)c2cc(Cl)ccc2O)c1N. The van der Waals surface area contributed by atoms with Gasteiger partial charge in [-0.2, -0.15) is 5.10 Å². The number of aryl methyl sites for hydroxylation is 1. The number of hydrogen-bond donors (Lipinski definition) is 3. The molecule has 19 heavy (non-hydrogen) atoms. The minimum atomic E-state index is -0.428. The quantitative estimate of drug-likeness (QED) is 0.790. The normalized spacial score (nSPS) is 10.4. The molecule has 1 aromatic heterocycles. The highest BCUT2D eigenvalue weighted by Gasteiger charge is 2.12. The van der Waals surface area contributed by atoms with Gasteiger partial charge in [-0.05, 0) is 18.2 Å². The Labute approximate surface area is 114 Å². The standard InChI is InChI=1S/C12H13ClN4O2/c1-17-11(14)7(6-16-17)5-15-12(19)9-4-8(13)2-3-10(9)18/h2-4,6,18H,5,14H2,1H3,(H,15,19). The fourth-order valence-corrected chi connectivity index (χ4v) is 1.76. The van der Waals surface area contributed by atoms with Crippen molar-refractivity contribution in [3.05, 3.63) is 40.5 Å². The number of amides is 1. The largest absolute Gasteiger partial charge is 0.507 e. The van der Waals surface area contributed by atoms with Crippen molar-refractivity contribution in [2.24, 2.45) is 7.05 Å². The lowest BCUT2D eigenvalue weighted by Gasteiger charge is -2.07. The Morgan fingerprint density at radius 3 is 2.95 bits per heavy atom. The molecule has 2 aromatic rings. The molecule has 1 heterocycles. The van der Waals surface area contributed by atoms with Crippen LogP contribution in [-0.4, -0.2) is 20.8 Å². The van der Waals surface area contributed by atoms with Crippen LogP contribution < -0.4 is 11.1 Å². The molecule has 0 aliphatic carbocycles. The van der Waals surface area contributed by atoms with Gasteiger partial charge in [0.1, 0.15) is 11.6 Å². The van der Waals surface area contributed by atoms with Gasteiger partial charge in [-0.15, -0.1) is 0 Å². The molecule has 2 rings (SSSR count). The Morgan fingerprint density at radius 2 is 2.32 bits per heavy atom. The second-order valence-corrected chi connectivity index (χ2v) is 4.46. The molecule has 7 heteroatoms. The van der Waals surface area contributed by atoms with Crippen LogP contribution >= 0.6 is 11.6 Å².